The van der Waals surface area contributed by atoms with E-state index < -0.39 is 11.6 Å². The average molecular weight is 222 g/mol. The van der Waals surface area contributed by atoms with Crippen molar-refractivity contribution in [3.8, 4) is 0 Å². The molecule has 82 valence electrons. The Hall–Kier alpha value is -0.770. The van der Waals surface area contributed by atoms with Crippen LogP contribution in [0.2, 0.25) is 0 Å². The molecule has 0 aromatic rings. The minimum Gasteiger partial charge on any atom is -0.450 e. The van der Waals surface area contributed by atoms with Gasteiger partial charge in [-0.3, -0.25) is 9.69 Å². The molecule has 0 aromatic heterocycles. The number of halogens is 1. The molecule has 1 amide bonds. The van der Waals surface area contributed by atoms with Crippen LogP contribution in [0.3, 0.4) is 0 Å². The molecule has 0 spiro atoms. The summed E-state index contributed by atoms with van der Waals surface area (Å²) in [6.07, 6.45) is -0.518. The highest BCUT2D eigenvalue weighted by atomic mass is 35.5. The third-order valence-electron chi connectivity index (χ3n) is 2.18. The Morgan fingerprint density at radius 2 is 1.93 bits per heavy atom. The highest BCUT2D eigenvalue weighted by Crippen LogP contribution is 2.15. The topological polar surface area (TPSA) is 46.6 Å². The fourth-order valence-corrected chi connectivity index (χ4v) is 1.13. The highest BCUT2D eigenvalue weighted by molar-refractivity contribution is 6.29. The molecular weight excluding hydrogens is 206 g/mol. The van der Waals surface area contributed by atoms with Gasteiger partial charge in [-0.15, -0.1) is 11.6 Å². The van der Waals surface area contributed by atoms with Gasteiger partial charge >= 0.3 is 6.09 Å². The van der Waals surface area contributed by atoms with E-state index in [9.17, 15) is 9.59 Å². The number of likely N-dealkylation sites (N-methyl/N-ethyl adjacent to an activating group) is 1. The summed E-state index contributed by atoms with van der Waals surface area (Å²) in [6.45, 7) is 5.26. The summed E-state index contributed by atoms with van der Waals surface area (Å²) in [5.74, 6) is -0.328. The molecule has 0 rings (SSSR count). The standard InChI is InChI=1S/C9H16ClNO3/c1-5-14-8(13)11(4)9(2,3)7(12)6-10/h5-6H2,1-4H3. The van der Waals surface area contributed by atoms with Gasteiger partial charge in [0.05, 0.1) is 18.0 Å². The van der Waals surface area contributed by atoms with E-state index in [0.717, 1.165) is 0 Å². The molecule has 14 heavy (non-hydrogen) atoms. The molecule has 0 aliphatic rings. The van der Waals surface area contributed by atoms with Crippen molar-refractivity contribution in [2.45, 2.75) is 26.3 Å². The van der Waals surface area contributed by atoms with Crippen LogP contribution in [-0.4, -0.2) is 41.8 Å². The van der Waals surface area contributed by atoms with Crippen molar-refractivity contribution in [1.29, 1.82) is 0 Å². The first-order valence-electron chi connectivity index (χ1n) is 4.37. The van der Waals surface area contributed by atoms with E-state index >= 15 is 0 Å². The maximum absolute atomic E-state index is 11.4. The molecule has 0 fully saturated rings. The molecule has 0 aliphatic carbocycles. The number of ether oxygens (including phenoxy) is 1. The van der Waals surface area contributed by atoms with Gasteiger partial charge in [0.25, 0.3) is 0 Å². The van der Waals surface area contributed by atoms with Crippen molar-refractivity contribution < 1.29 is 14.3 Å². The third-order valence-corrected chi connectivity index (χ3v) is 2.43. The summed E-state index contributed by atoms with van der Waals surface area (Å²) in [4.78, 5) is 24.0. The molecule has 4 nitrogen and oxygen atoms in total. The number of nitrogens with zero attached hydrogens (tertiary/aromatic N) is 1. The number of carbonyl (C=O) groups excluding carboxylic acids is 2. The van der Waals surface area contributed by atoms with Crippen molar-refractivity contribution in [1.82, 2.24) is 4.90 Å². The van der Waals surface area contributed by atoms with Crippen molar-refractivity contribution in [3.63, 3.8) is 0 Å². The first-order chi connectivity index (χ1) is 6.37. The largest absolute Gasteiger partial charge is 0.450 e. The van der Waals surface area contributed by atoms with Gasteiger partial charge in [0.2, 0.25) is 0 Å². The quantitative estimate of drug-likeness (QED) is 0.679. The van der Waals surface area contributed by atoms with Gasteiger partial charge in [0.1, 0.15) is 0 Å². The summed E-state index contributed by atoms with van der Waals surface area (Å²) in [7, 11) is 1.52. The summed E-state index contributed by atoms with van der Waals surface area (Å²) in [5, 5.41) is 0. The highest BCUT2D eigenvalue weighted by Gasteiger charge is 2.34. The predicted octanol–water partition coefficient (Wildman–Crippen LogP) is 1.66. The van der Waals surface area contributed by atoms with E-state index in [2.05, 4.69) is 0 Å². The SMILES string of the molecule is CCOC(=O)N(C)C(C)(C)C(=O)CCl. The van der Waals surface area contributed by atoms with Crippen molar-refractivity contribution in [2.24, 2.45) is 0 Å². The van der Waals surface area contributed by atoms with Crippen molar-refractivity contribution in [3.05, 3.63) is 0 Å². The van der Waals surface area contributed by atoms with Gasteiger partial charge in [0, 0.05) is 7.05 Å². The van der Waals surface area contributed by atoms with E-state index in [1.54, 1.807) is 20.8 Å². The second-order valence-electron chi connectivity index (χ2n) is 3.37. The second kappa shape index (κ2) is 5.20. The first kappa shape index (κ1) is 13.2. The number of hydrogen-bond acceptors (Lipinski definition) is 3. The molecule has 0 radical (unpaired) electrons. The normalized spacial score (nSPS) is 10.9. The monoisotopic (exact) mass is 221 g/mol. The molecule has 0 bridgehead atoms. The Morgan fingerprint density at radius 3 is 2.29 bits per heavy atom. The average Bonchev–Trinajstić information content (AvgIpc) is 2.15. The van der Waals surface area contributed by atoms with E-state index in [-0.39, 0.29) is 18.3 Å². The molecule has 0 N–H and O–H groups in total. The van der Waals surface area contributed by atoms with E-state index in [0.29, 0.717) is 0 Å². The minimum absolute atomic E-state index is 0.114. The Balaban J connectivity index is 4.56. The van der Waals surface area contributed by atoms with Crippen LogP contribution in [0.4, 0.5) is 4.79 Å². The zero-order valence-corrected chi connectivity index (χ0v) is 9.72. The molecule has 0 heterocycles. The van der Waals surface area contributed by atoms with Crippen LogP contribution in [0.25, 0.3) is 0 Å². The summed E-state index contributed by atoms with van der Waals surface area (Å²) >= 11 is 5.43. The Labute approximate surface area is 89.2 Å². The minimum atomic E-state index is -0.923. The number of Topliss-reactive ketones (excluding diaryl/α,β-unsaturated/α-hetero) is 1. The fourth-order valence-electron chi connectivity index (χ4n) is 0.799. The van der Waals surface area contributed by atoms with Crippen LogP contribution in [0, 0.1) is 0 Å². The number of hydrogen-bond donors (Lipinski definition) is 0. The molecule has 0 aromatic carbocycles. The third kappa shape index (κ3) is 2.87. The second-order valence-corrected chi connectivity index (χ2v) is 3.64. The molecule has 0 saturated carbocycles. The molecule has 0 unspecified atom stereocenters. The lowest BCUT2D eigenvalue weighted by molar-refractivity contribution is -0.125. The Morgan fingerprint density at radius 1 is 1.43 bits per heavy atom. The lowest BCUT2D eigenvalue weighted by Crippen LogP contribution is -2.51. The summed E-state index contributed by atoms with van der Waals surface area (Å²) in [5.41, 5.74) is -0.923. The zero-order chi connectivity index (χ0) is 11.4. The van der Waals surface area contributed by atoms with Gasteiger partial charge in [0.15, 0.2) is 5.78 Å². The smallest absolute Gasteiger partial charge is 0.410 e. The van der Waals surface area contributed by atoms with Crippen LogP contribution in [0.1, 0.15) is 20.8 Å². The Kier molecular flexibility index (Phi) is 4.91. The van der Waals surface area contributed by atoms with E-state index in [1.807, 2.05) is 0 Å². The first-order valence-corrected chi connectivity index (χ1v) is 4.91. The molecule has 0 aliphatic heterocycles. The lowest BCUT2D eigenvalue weighted by atomic mass is 9.99. The summed E-state index contributed by atoms with van der Waals surface area (Å²) < 4.78 is 4.78. The van der Waals surface area contributed by atoms with Crippen molar-refractivity contribution >= 4 is 23.5 Å². The van der Waals surface area contributed by atoms with Crippen LogP contribution in [0.15, 0.2) is 0 Å². The molecule has 0 atom stereocenters. The van der Waals surface area contributed by atoms with E-state index in [4.69, 9.17) is 16.3 Å². The number of alkyl halides is 1. The van der Waals surface area contributed by atoms with Crippen LogP contribution in [-0.2, 0) is 9.53 Å². The number of rotatable bonds is 4. The van der Waals surface area contributed by atoms with Crippen molar-refractivity contribution in [2.75, 3.05) is 19.5 Å². The van der Waals surface area contributed by atoms with Gasteiger partial charge in [-0.2, -0.15) is 0 Å². The maximum Gasteiger partial charge on any atom is 0.410 e. The van der Waals surface area contributed by atoms with Gasteiger partial charge in [-0.05, 0) is 20.8 Å². The fraction of sp³-hybridized carbons (Fsp3) is 0.778. The maximum atomic E-state index is 11.4. The van der Waals surface area contributed by atoms with Gasteiger partial charge in [-0.1, -0.05) is 0 Å². The number of ketones is 1. The molecule has 5 heteroatoms. The van der Waals surface area contributed by atoms with Crippen LogP contribution in [0.5, 0.6) is 0 Å². The Bertz CT molecular complexity index is 228. The lowest BCUT2D eigenvalue weighted by Gasteiger charge is -2.32. The molecule has 0 saturated heterocycles. The summed E-state index contributed by atoms with van der Waals surface area (Å²) in [6, 6.07) is 0. The molecular formula is C9H16ClNO3. The van der Waals surface area contributed by atoms with Crippen LogP contribution < -0.4 is 0 Å². The van der Waals surface area contributed by atoms with Crippen LogP contribution >= 0.6 is 11.6 Å². The number of carbonyl (C=O) groups is 2. The van der Waals surface area contributed by atoms with E-state index in [1.165, 1.54) is 11.9 Å². The zero-order valence-electron chi connectivity index (χ0n) is 8.96. The van der Waals surface area contributed by atoms with Gasteiger partial charge < -0.3 is 4.74 Å². The number of amides is 1. The van der Waals surface area contributed by atoms with Gasteiger partial charge in [-0.25, -0.2) is 4.79 Å². The predicted molar refractivity (Wildman–Crippen MR) is 54.6 cm³/mol.